The number of benzene rings is 1. The normalized spacial score (nSPS) is 10.7. The van der Waals surface area contributed by atoms with E-state index in [4.69, 9.17) is 4.42 Å². The molecule has 0 saturated heterocycles. The molecule has 18 heavy (non-hydrogen) atoms. The third-order valence-electron chi connectivity index (χ3n) is 2.75. The third kappa shape index (κ3) is 1.68. The Morgan fingerprint density at radius 3 is 2.72 bits per heavy atom. The largest absolute Gasteiger partial charge is 0.453 e. The van der Waals surface area contributed by atoms with E-state index in [2.05, 4.69) is 9.97 Å². The number of rotatable bonds is 2. The lowest BCUT2D eigenvalue weighted by atomic mass is 10.1. The molecule has 0 amide bonds. The molecule has 0 spiro atoms. The van der Waals surface area contributed by atoms with Crippen LogP contribution in [-0.4, -0.2) is 15.8 Å². The van der Waals surface area contributed by atoms with Crippen LogP contribution < -0.4 is 0 Å². The van der Waals surface area contributed by atoms with Gasteiger partial charge in [0, 0.05) is 17.8 Å². The predicted octanol–water partition coefficient (Wildman–Crippen LogP) is 2.76. The summed E-state index contributed by atoms with van der Waals surface area (Å²) in [5.74, 6) is 0.0524. The van der Waals surface area contributed by atoms with Crippen LogP contribution in [0.5, 0.6) is 0 Å². The monoisotopic (exact) mass is 238 g/mol. The molecular weight excluding hydrogens is 228 g/mol. The van der Waals surface area contributed by atoms with Crippen molar-refractivity contribution >= 4 is 16.8 Å². The first kappa shape index (κ1) is 10.7. The number of carbonyl (C=O) groups is 1. The maximum absolute atomic E-state index is 12.2. The molecular formula is C14H10N2O2. The molecule has 2 heterocycles. The molecule has 0 N–H and O–H groups in total. The lowest BCUT2D eigenvalue weighted by molar-refractivity contribution is 0.101. The smallest absolute Gasteiger partial charge is 0.248 e. The summed E-state index contributed by atoms with van der Waals surface area (Å²) in [6.45, 7) is 1.75. The Bertz CT molecular complexity index is 698. The Hall–Kier alpha value is -2.49. The first-order valence-electron chi connectivity index (χ1n) is 5.56. The number of aryl methyl sites for hydroxylation is 1. The van der Waals surface area contributed by atoms with Crippen LogP contribution in [0.2, 0.25) is 0 Å². The molecule has 0 aliphatic carbocycles. The van der Waals surface area contributed by atoms with Crippen molar-refractivity contribution in [2.45, 2.75) is 6.92 Å². The lowest BCUT2D eigenvalue weighted by Crippen LogP contribution is -2.06. The number of hydrogen-bond donors (Lipinski definition) is 0. The van der Waals surface area contributed by atoms with E-state index in [9.17, 15) is 4.79 Å². The average Bonchev–Trinajstić information content (AvgIpc) is 2.82. The molecule has 0 fully saturated rings. The highest BCUT2D eigenvalue weighted by molar-refractivity contribution is 6.08. The van der Waals surface area contributed by atoms with Gasteiger partial charge in [0.1, 0.15) is 11.3 Å². The molecule has 0 bridgehead atoms. The fraction of sp³-hybridized carbons (Fsp3) is 0.0714. The van der Waals surface area contributed by atoms with Crippen LogP contribution in [0.3, 0.4) is 0 Å². The van der Waals surface area contributed by atoms with Crippen molar-refractivity contribution in [3.63, 3.8) is 0 Å². The second-order valence-electron chi connectivity index (χ2n) is 3.97. The highest BCUT2D eigenvalue weighted by atomic mass is 16.3. The van der Waals surface area contributed by atoms with Crippen molar-refractivity contribution in [1.29, 1.82) is 0 Å². The zero-order chi connectivity index (χ0) is 12.5. The number of carbonyl (C=O) groups excluding carboxylic acids is 1. The molecule has 0 atom stereocenters. The van der Waals surface area contributed by atoms with Gasteiger partial charge in [-0.2, -0.15) is 0 Å². The zero-order valence-corrected chi connectivity index (χ0v) is 9.75. The number of para-hydroxylation sites is 1. The molecule has 4 heteroatoms. The van der Waals surface area contributed by atoms with Gasteiger partial charge >= 0.3 is 0 Å². The summed E-state index contributed by atoms with van der Waals surface area (Å²) >= 11 is 0. The molecule has 4 nitrogen and oxygen atoms in total. The molecule has 0 aliphatic heterocycles. The Morgan fingerprint density at radius 1 is 1.17 bits per heavy atom. The number of furan rings is 1. The van der Waals surface area contributed by atoms with Crippen LogP contribution in [0.1, 0.15) is 21.9 Å². The van der Waals surface area contributed by atoms with Crippen molar-refractivity contribution in [2.24, 2.45) is 0 Å². The minimum absolute atomic E-state index is 0.239. The van der Waals surface area contributed by atoms with E-state index in [-0.39, 0.29) is 5.78 Å². The number of aromatic nitrogens is 2. The highest BCUT2D eigenvalue weighted by Crippen LogP contribution is 2.21. The summed E-state index contributed by atoms with van der Waals surface area (Å²) < 4.78 is 5.52. The van der Waals surface area contributed by atoms with Gasteiger partial charge in [0.15, 0.2) is 5.76 Å². The summed E-state index contributed by atoms with van der Waals surface area (Å²) in [5.41, 5.74) is 1.63. The van der Waals surface area contributed by atoms with Crippen LogP contribution in [0, 0.1) is 6.92 Å². The number of hydrogen-bond acceptors (Lipinski definition) is 4. The Balaban J connectivity index is 2.10. The molecule has 2 aromatic heterocycles. The molecule has 3 aromatic rings. The second kappa shape index (κ2) is 4.07. The van der Waals surface area contributed by atoms with Gasteiger partial charge < -0.3 is 4.42 Å². The van der Waals surface area contributed by atoms with Crippen LogP contribution in [0.15, 0.2) is 47.1 Å². The maximum Gasteiger partial charge on any atom is 0.248 e. The molecule has 0 radical (unpaired) electrons. The van der Waals surface area contributed by atoms with Crippen LogP contribution in [0.25, 0.3) is 11.0 Å². The van der Waals surface area contributed by atoms with E-state index in [1.165, 1.54) is 6.20 Å². The average molecular weight is 238 g/mol. The van der Waals surface area contributed by atoms with Gasteiger partial charge in [0.25, 0.3) is 0 Å². The van der Waals surface area contributed by atoms with E-state index in [0.29, 0.717) is 22.7 Å². The van der Waals surface area contributed by atoms with E-state index < -0.39 is 0 Å². The van der Waals surface area contributed by atoms with E-state index in [1.807, 2.05) is 24.3 Å². The molecule has 1 aromatic carbocycles. The Kier molecular flexibility index (Phi) is 2.41. The number of nitrogens with zero attached hydrogens (tertiary/aromatic N) is 2. The standard InChI is InChI=1S/C14H10N2O2/c1-9-13(16-7-6-15-9)14(17)12-8-10-4-2-3-5-11(10)18-12/h2-8H,1H3. The molecule has 0 unspecified atom stereocenters. The minimum atomic E-state index is -0.239. The summed E-state index contributed by atoms with van der Waals surface area (Å²) in [6, 6.07) is 9.23. The van der Waals surface area contributed by atoms with Crippen LogP contribution in [0.4, 0.5) is 0 Å². The van der Waals surface area contributed by atoms with Crippen molar-refractivity contribution in [1.82, 2.24) is 9.97 Å². The quantitative estimate of drug-likeness (QED) is 0.644. The van der Waals surface area contributed by atoms with Crippen molar-refractivity contribution in [2.75, 3.05) is 0 Å². The van der Waals surface area contributed by atoms with Crippen LogP contribution >= 0.6 is 0 Å². The summed E-state index contributed by atoms with van der Waals surface area (Å²) in [4.78, 5) is 20.3. The van der Waals surface area contributed by atoms with Crippen LogP contribution in [-0.2, 0) is 0 Å². The maximum atomic E-state index is 12.2. The predicted molar refractivity (Wildman–Crippen MR) is 66.4 cm³/mol. The number of fused-ring (bicyclic) bond motifs is 1. The van der Waals surface area contributed by atoms with E-state index in [0.717, 1.165) is 5.39 Å². The lowest BCUT2D eigenvalue weighted by Gasteiger charge is -1.98. The third-order valence-corrected chi connectivity index (χ3v) is 2.75. The van der Waals surface area contributed by atoms with Gasteiger partial charge in [-0.1, -0.05) is 18.2 Å². The second-order valence-corrected chi connectivity index (χ2v) is 3.97. The van der Waals surface area contributed by atoms with E-state index in [1.54, 1.807) is 19.2 Å². The number of ketones is 1. The van der Waals surface area contributed by atoms with E-state index >= 15 is 0 Å². The minimum Gasteiger partial charge on any atom is -0.453 e. The highest BCUT2D eigenvalue weighted by Gasteiger charge is 2.18. The fourth-order valence-electron chi connectivity index (χ4n) is 1.84. The first-order chi connectivity index (χ1) is 8.75. The Labute approximate surface area is 103 Å². The van der Waals surface area contributed by atoms with Crippen molar-refractivity contribution in [3.8, 4) is 0 Å². The van der Waals surface area contributed by atoms with Crippen molar-refractivity contribution < 1.29 is 9.21 Å². The molecule has 0 saturated carbocycles. The zero-order valence-electron chi connectivity index (χ0n) is 9.75. The van der Waals surface area contributed by atoms with Crippen molar-refractivity contribution in [3.05, 3.63) is 59.9 Å². The van der Waals surface area contributed by atoms with Gasteiger partial charge in [-0.25, -0.2) is 4.98 Å². The summed E-state index contributed by atoms with van der Waals surface area (Å²) in [7, 11) is 0. The van der Waals surface area contributed by atoms with Gasteiger partial charge in [0.05, 0.1) is 5.69 Å². The molecule has 88 valence electrons. The van der Waals surface area contributed by atoms with Gasteiger partial charge in [-0.05, 0) is 19.1 Å². The Morgan fingerprint density at radius 2 is 1.94 bits per heavy atom. The fourth-order valence-corrected chi connectivity index (χ4v) is 1.84. The van der Waals surface area contributed by atoms with Gasteiger partial charge in [-0.3, -0.25) is 9.78 Å². The van der Waals surface area contributed by atoms with Gasteiger partial charge in [0.2, 0.25) is 5.78 Å². The summed E-state index contributed by atoms with van der Waals surface area (Å²) in [6.07, 6.45) is 3.06. The van der Waals surface area contributed by atoms with Gasteiger partial charge in [-0.15, -0.1) is 0 Å². The molecule has 3 rings (SSSR count). The summed E-state index contributed by atoms with van der Waals surface area (Å²) in [5, 5.41) is 0.905. The topological polar surface area (TPSA) is 56.0 Å². The molecule has 0 aliphatic rings. The SMILES string of the molecule is Cc1nccnc1C(=O)c1cc2ccccc2o1. The first-order valence-corrected chi connectivity index (χ1v) is 5.56.